The summed E-state index contributed by atoms with van der Waals surface area (Å²) < 4.78 is 43.3. The van der Waals surface area contributed by atoms with Gasteiger partial charge in [0.15, 0.2) is 0 Å². The molecule has 4 nitrogen and oxygen atoms in total. The second kappa shape index (κ2) is 8.28. The molecular weight excluding hydrogens is 385 g/mol. The number of nitrogens with zero attached hydrogens (tertiary/aromatic N) is 2. The summed E-state index contributed by atoms with van der Waals surface area (Å²) >= 11 is 1.50. The molecule has 0 aliphatic rings. The number of benzene rings is 2. The van der Waals surface area contributed by atoms with Crippen molar-refractivity contribution in [3.8, 4) is 11.3 Å². The first-order chi connectivity index (χ1) is 13.3. The third-order valence-corrected chi connectivity index (χ3v) is 5.00. The van der Waals surface area contributed by atoms with Crippen LogP contribution < -0.4 is 10.0 Å². The maximum atomic E-state index is 12.8. The Morgan fingerprint density at radius 2 is 1.82 bits per heavy atom. The molecule has 2 N–H and O–H groups in total. The zero-order chi connectivity index (χ0) is 20.3. The third-order valence-electron chi connectivity index (χ3n) is 4.30. The van der Waals surface area contributed by atoms with Crippen molar-refractivity contribution in [3.05, 3.63) is 66.1 Å². The van der Waals surface area contributed by atoms with Crippen molar-refractivity contribution in [3.63, 3.8) is 0 Å². The molecule has 3 rings (SSSR count). The van der Waals surface area contributed by atoms with Gasteiger partial charge in [-0.15, -0.1) is 0 Å². The molecule has 28 heavy (non-hydrogen) atoms. The zero-order valence-electron chi connectivity index (χ0n) is 15.7. The van der Waals surface area contributed by atoms with Gasteiger partial charge in [-0.3, -0.25) is 4.72 Å². The summed E-state index contributed by atoms with van der Waals surface area (Å²) in [6.07, 6.45) is -0.671. The van der Waals surface area contributed by atoms with Crippen LogP contribution in [0.4, 0.5) is 18.9 Å². The maximum Gasteiger partial charge on any atom is 0.416 e. The monoisotopic (exact) mass is 406 g/mol. The maximum absolute atomic E-state index is 12.8. The fourth-order valence-corrected chi connectivity index (χ4v) is 3.42. The second-order valence-corrected chi connectivity index (χ2v) is 7.51. The summed E-state index contributed by atoms with van der Waals surface area (Å²) in [5, 5.41) is 3.40. The first-order valence-corrected chi connectivity index (χ1v) is 9.49. The summed E-state index contributed by atoms with van der Waals surface area (Å²) in [4.78, 5) is 5.47. The smallest absolute Gasteiger partial charge is 0.378 e. The summed E-state index contributed by atoms with van der Waals surface area (Å²) in [5.74, 6) is 0. The van der Waals surface area contributed by atoms with Crippen LogP contribution in [0, 0.1) is 0 Å². The average Bonchev–Trinajstić information content (AvgIpc) is 3.09. The number of alkyl halides is 3. The molecule has 0 bridgehead atoms. The van der Waals surface area contributed by atoms with E-state index in [2.05, 4.69) is 15.0 Å². The van der Waals surface area contributed by atoms with E-state index in [4.69, 9.17) is 0 Å². The van der Waals surface area contributed by atoms with Crippen LogP contribution in [0.2, 0.25) is 0 Å². The third kappa shape index (κ3) is 4.69. The lowest BCUT2D eigenvalue weighted by Crippen LogP contribution is -2.09. The van der Waals surface area contributed by atoms with Crippen molar-refractivity contribution in [2.45, 2.75) is 24.0 Å². The van der Waals surface area contributed by atoms with E-state index >= 15 is 0 Å². The first kappa shape index (κ1) is 20.3. The fraction of sp³-hybridized carbons (Fsp3) is 0.250. The molecule has 0 amide bonds. The largest absolute Gasteiger partial charge is 0.416 e. The predicted octanol–water partition coefficient (Wildman–Crippen LogP) is 5.51. The van der Waals surface area contributed by atoms with Gasteiger partial charge < -0.3 is 9.88 Å². The predicted molar refractivity (Wildman–Crippen MR) is 107 cm³/mol. The van der Waals surface area contributed by atoms with Crippen molar-refractivity contribution < 1.29 is 13.2 Å². The minimum absolute atomic E-state index is 0.174. The van der Waals surface area contributed by atoms with Crippen molar-refractivity contribution in [2.75, 3.05) is 12.4 Å². The zero-order valence-corrected chi connectivity index (χ0v) is 16.5. The van der Waals surface area contributed by atoms with Crippen LogP contribution in [0.5, 0.6) is 0 Å². The molecular formula is C20H21F3N4S. The Morgan fingerprint density at radius 1 is 1.11 bits per heavy atom. The van der Waals surface area contributed by atoms with Crippen LogP contribution in [0.3, 0.4) is 0 Å². The molecule has 0 aliphatic heterocycles. The average molecular weight is 406 g/mol. The molecule has 0 saturated carbocycles. The molecule has 1 heterocycles. The topological polar surface area (TPSA) is 41.9 Å². The fourth-order valence-electron chi connectivity index (χ4n) is 2.87. The number of hydrogen-bond acceptors (Lipinski definition) is 4. The minimum atomic E-state index is -4.33. The molecule has 0 spiro atoms. The first-order valence-electron chi connectivity index (χ1n) is 8.67. The quantitative estimate of drug-likeness (QED) is 0.530. The summed E-state index contributed by atoms with van der Waals surface area (Å²) in [6, 6.07) is 11.0. The van der Waals surface area contributed by atoms with E-state index in [1.807, 2.05) is 50.0 Å². The lowest BCUT2D eigenvalue weighted by molar-refractivity contribution is -0.137. The van der Waals surface area contributed by atoms with Gasteiger partial charge in [-0.25, -0.2) is 4.98 Å². The number of nitrogens with one attached hydrogen (secondary N) is 2. The van der Waals surface area contributed by atoms with Crippen molar-refractivity contribution >= 4 is 17.6 Å². The number of imidazole rings is 1. The Balaban J connectivity index is 1.88. The summed E-state index contributed by atoms with van der Waals surface area (Å²) in [6.45, 7) is 1.92. The molecule has 3 aromatic rings. The van der Waals surface area contributed by atoms with Gasteiger partial charge in [0.1, 0.15) is 0 Å². The van der Waals surface area contributed by atoms with E-state index in [-0.39, 0.29) is 6.04 Å². The van der Waals surface area contributed by atoms with Crippen LogP contribution in [-0.2, 0) is 13.2 Å². The van der Waals surface area contributed by atoms with Gasteiger partial charge >= 0.3 is 6.18 Å². The van der Waals surface area contributed by atoms with Crippen molar-refractivity contribution in [1.29, 1.82) is 0 Å². The number of aromatic nitrogens is 2. The molecule has 0 radical (unpaired) electrons. The van der Waals surface area contributed by atoms with Gasteiger partial charge in [0.05, 0.1) is 17.6 Å². The lowest BCUT2D eigenvalue weighted by Gasteiger charge is -2.19. The Hall–Kier alpha value is -2.45. The van der Waals surface area contributed by atoms with Crippen LogP contribution in [-0.4, -0.2) is 16.6 Å². The Kier molecular flexibility index (Phi) is 6.00. The molecule has 1 atom stereocenters. The highest BCUT2D eigenvalue weighted by atomic mass is 32.2. The van der Waals surface area contributed by atoms with Crippen molar-refractivity contribution in [2.24, 2.45) is 7.05 Å². The molecule has 1 aromatic heterocycles. The molecule has 148 valence electrons. The van der Waals surface area contributed by atoms with Gasteiger partial charge in [-0.05, 0) is 61.8 Å². The summed E-state index contributed by atoms with van der Waals surface area (Å²) in [5.41, 5.74) is 2.74. The normalized spacial score (nSPS) is 12.8. The molecule has 2 aromatic carbocycles. The summed E-state index contributed by atoms with van der Waals surface area (Å²) in [7, 11) is 3.75. The van der Waals surface area contributed by atoms with Crippen LogP contribution in [0.15, 0.2) is 59.9 Å². The van der Waals surface area contributed by atoms with E-state index in [1.54, 1.807) is 6.33 Å². The Morgan fingerprint density at radius 3 is 2.39 bits per heavy atom. The van der Waals surface area contributed by atoms with Gasteiger partial charge in [-0.1, -0.05) is 12.1 Å². The van der Waals surface area contributed by atoms with E-state index < -0.39 is 11.7 Å². The van der Waals surface area contributed by atoms with E-state index in [0.717, 1.165) is 39.5 Å². The number of hydrogen-bond donors (Lipinski definition) is 2. The highest BCUT2D eigenvalue weighted by Gasteiger charge is 2.30. The minimum Gasteiger partial charge on any atom is -0.378 e. The SMILES string of the molecule is CNSc1ccc(NC(C)c2ccc(C(F)(F)F)cc2)c(-c2cn(C)cn2)c1. The number of aryl methyl sites for hydroxylation is 1. The van der Waals surface area contributed by atoms with Crippen LogP contribution >= 0.6 is 11.9 Å². The van der Waals surface area contributed by atoms with E-state index in [1.165, 1.54) is 24.1 Å². The van der Waals surface area contributed by atoms with Crippen LogP contribution in [0.25, 0.3) is 11.3 Å². The number of anilines is 1. The number of halogens is 3. The molecule has 0 saturated heterocycles. The highest BCUT2D eigenvalue weighted by molar-refractivity contribution is 7.97. The Bertz CT molecular complexity index is 935. The molecule has 1 unspecified atom stereocenters. The number of rotatable bonds is 6. The lowest BCUT2D eigenvalue weighted by atomic mass is 10.0. The van der Waals surface area contributed by atoms with E-state index in [0.29, 0.717) is 0 Å². The van der Waals surface area contributed by atoms with Gasteiger partial charge in [-0.2, -0.15) is 13.2 Å². The molecule has 0 aliphatic carbocycles. The second-order valence-electron chi connectivity index (χ2n) is 6.42. The molecule has 0 fully saturated rings. The van der Waals surface area contributed by atoms with Gasteiger partial charge in [0.25, 0.3) is 0 Å². The molecule has 8 heteroatoms. The highest BCUT2D eigenvalue weighted by Crippen LogP contribution is 2.34. The Labute approximate surface area is 166 Å². The van der Waals surface area contributed by atoms with Gasteiger partial charge in [0.2, 0.25) is 0 Å². The van der Waals surface area contributed by atoms with Crippen LogP contribution in [0.1, 0.15) is 24.1 Å². The van der Waals surface area contributed by atoms with Gasteiger partial charge in [0, 0.05) is 35.4 Å². The van der Waals surface area contributed by atoms with E-state index in [9.17, 15) is 13.2 Å². The standard InChI is InChI=1S/C20H21F3N4S/c1-13(14-4-6-15(7-5-14)20(21,22)23)26-18-9-8-16(28-24-2)10-17(18)19-11-27(3)12-25-19/h4-13,24,26H,1-3H3. The van der Waals surface area contributed by atoms with Crippen molar-refractivity contribution in [1.82, 2.24) is 14.3 Å².